The highest BCUT2D eigenvalue weighted by Gasteiger charge is 2.07. The number of hydrogen-bond donors (Lipinski definition) is 2. The summed E-state index contributed by atoms with van der Waals surface area (Å²) in [4.78, 5) is 0. The average molecular weight is 383 g/mol. The lowest BCUT2D eigenvalue weighted by Crippen LogP contribution is -2.22. The molecule has 0 aromatic heterocycles. The van der Waals surface area contributed by atoms with E-state index in [1.54, 1.807) is 0 Å². The van der Waals surface area contributed by atoms with Crippen molar-refractivity contribution >= 4 is 0 Å². The second-order valence-corrected chi connectivity index (χ2v) is 7.69. The van der Waals surface area contributed by atoms with Crippen LogP contribution in [0.15, 0.2) is 36.4 Å². The number of fused-ring (bicyclic) bond motifs is 2. The number of aryl methyl sites for hydroxylation is 2. The fourth-order valence-corrected chi connectivity index (χ4v) is 3.50. The molecule has 0 saturated carbocycles. The first-order valence-electron chi connectivity index (χ1n) is 10.6. The summed E-state index contributed by atoms with van der Waals surface area (Å²) in [5.74, 6) is 2.02. The van der Waals surface area contributed by atoms with E-state index in [9.17, 15) is 0 Å². The molecule has 0 bridgehead atoms. The average Bonchev–Trinajstić information content (AvgIpc) is 2.68. The van der Waals surface area contributed by atoms with Gasteiger partial charge in [0.05, 0.1) is 13.2 Å². The molecule has 0 radical (unpaired) electrons. The van der Waals surface area contributed by atoms with E-state index >= 15 is 0 Å². The Kier molecular flexibility index (Phi) is 8.19. The molecule has 2 aromatic carbocycles. The molecule has 2 N–H and O–H groups in total. The van der Waals surface area contributed by atoms with Crippen molar-refractivity contribution in [1.82, 2.24) is 10.6 Å². The standard InChI is InChI=1S/C24H34N2O2/c1-19-7-9-23-21(15-19)17-25-11-6-12-26-18-22-16-20(2)8-10-24(22)28-14-5-3-4-13-27-23/h7-10,15-16,25-26H,3-6,11-14,17-18H2,1-2H3. The van der Waals surface area contributed by atoms with E-state index in [2.05, 4.69) is 60.9 Å². The molecule has 0 unspecified atom stereocenters. The topological polar surface area (TPSA) is 42.5 Å². The van der Waals surface area contributed by atoms with Gasteiger partial charge in [0.1, 0.15) is 11.5 Å². The molecule has 152 valence electrons. The summed E-state index contributed by atoms with van der Waals surface area (Å²) in [6.45, 7) is 9.46. The number of rotatable bonds is 0. The minimum Gasteiger partial charge on any atom is -0.493 e. The van der Waals surface area contributed by atoms with Gasteiger partial charge in [-0.3, -0.25) is 0 Å². The highest BCUT2D eigenvalue weighted by atomic mass is 16.5. The molecular formula is C24H34N2O2. The van der Waals surface area contributed by atoms with Gasteiger partial charge in [-0.05, 0) is 64.8 Å². The van der Waals surface area contributed by atoms with Gasteiger partial charge in [-0.2, -0.15) is 0 Å². The maximum absolute atomic E-state index is 6.06. The fraction of sp³-hybridized carbons (Fsp3) is 0.500. The predicted octanol–water partition coefficient (Wildman–Crippen LogP) is 4.51. The summed E-state index contributed by atoms with van der Waals surface area (Å²) >= 11 is 0. The first-order chi connectivity index (χ1) is 13.7. The summed E-state index contributed by atoms with van der Waals surface area (Å²) in [5.41, 5.74) is 5.06. The summed E-state index contributed by atoms with van der Waals surface area (Å²) in [7, 11) is 0. The summed E-state index contributed by atoms with van der Waals surface area (Å²) in [6.07, 6.45) is 4.29. The van der Waals surface area contributed by atoms with Crippen molar-refractivity contribution in [3.8, 4) is 11.5 Å². The van der Waals surface area contributed by atoms with E-state index in [0.29, 0.717) is 0 Å². The number of ether oxygens (including phenoxy) is 2. The minimum atomic E-state index is 0.760. The van der Waals surface area contributed by atoms with E-state index in [1.807, 2.05) is 0 Å². The Morgan fingerprint density at radius 2 is 1.14 bits per heavy atom. The molecule has 1 heterocycles. The molecule has 1 aliphatic heterocycles. The summed E-state index contributed by atoms with van der Waals surface area (Å²) in [5, 5.41) is 7.11. The van der Waals surface area contributed by atoms with Crippen LogP contribution in [0.25, 0.3) is 0 Å². The molecule has 3 rings (SSSR count). The van der Waals surface area contributed by atoms with E-state index in [-0.39, 0.29) is 0 Å². The monoisotopic (exact) mass is 382 g/mol. The normalized spacial score (nSPS) is 17.2. The van der Waals surface area contributed by atoms with Crippen molar-refractivity contribution < 1.29 is 9.47 Å². The Labute approximate surface area is 169 Å². The molecule has 0 aliphatic carbocycles. The highest BCUT2D eigenvalue weighted by Crippen LogP contribution is 2.22. The lowest BCUT2D eigenvalue weighted by atomic mass is 10.1. The van der Waals surface area contributed by atoms with Crippen molar-refractivity contribution in [2.24, 2.45) is 0 Å². The predicted molar refractivity (Wildman–Crippen MR) is 115 cm³/mol. The summed E-state index contributed by atoms with van der Waals surface area (Å²) < 4.78 is 12.1. The van der Waals surface area contributed by atoms with Crippen molar-refractivity contribution in [2.45, 2.75) is 52.6 Å². The van der Waals surface area contributed by atoms with Crippen molar-refractivity contribution in [3.63, 3.8) is 0 Å². The molecule has 28 heavy (non-hydrogen) atoms. The van der Waals surface area contributed by atoms with Gasteiger partial charge in [0, 0.05) is 24.2 Å². The van der Waals surface area contributed by atoms with Gasteiger partial charge in [0.15, 0.2) is 0 Å². The zero-order chi connectivity index (χ0) is 19.6. The molecule has 0 fully saturated rings. The van der Waals surface area contributed by atoms with Crippen LogP contribution in [0.5, 0.6) is 11.5 Å². The van der Waals surface area contributed by atoms with Gasteiger partial charge in [0.25, 0.3) is 0 Å². The van der Waals surface area contributed by atoms with Crippen LogP contribution in [0, 0.1) is 13.8 Å². The van der Waals surface area contributed by atoms with Crippen LogP contribution in [-0.4, -0.2) is 26.3 Å². The van der Waals surface area contributed by atoms with Crippen LogP contribution in [0.4, 0.5) is 0 Å². The molecule has 0 saturated heterocycles. The van der Waals surface area contributed by atoms with Crippen LogP contribution in [0.1, 0.15) is 47.9 Å². The lowest BCUT2D eigenvalue weighted by molar-refractivity contribution is 0.276. The van der Waals surface area contributed by atoms with Crippen LogP contribution >= 0.6 is 0 Å². The van der Waals surface area contributed by atoms with Gasteiger partial charge in [-0.15, -0.1) is 0 Å². The number of nitrogens with one attached hydrogen (secondary N) is 2. The second-order valence-electron chi connectivity index (χ2n) is 7.69. The number of hydrogen-bond acceptors (Lipinski definition) is 4. The van der Waals surface area contributed by atoms with E-state index in [4.69, 9.17) is 9.47 Å². The zero-order valence-electron chi connectivity index (χ0n) is 17.4. The fourth-order valence-electron chi connectivity index (χ4n) is 3.50. The third-order valence-electron chi connectivity index (χ3n) is 5.07. The molecular weight excluding hydrogens is 348 g/mol. The van der Waals surface area contributed by atoms with Gasteiger partial charge < -0.3 is 20.1 Å². The summed E-state index contributed by atoms with van der Waals surface area (Å²) in [6, 6.07) is 12.9. The van der Waals surface area contributed by atoms with Crippen molar-refractivity contribution in [2.75, 3.05) is 26.3 Å². The largest absolute Gasteiger partial charge is 0.493 e. The van der Waals surface area contributed by atoms with Crippen LogP contribution < -0.4 is 20.1 Å². The first-order valence-corrected chi connectivity index (χ1v) is 10.6. The Bertz CT molecular complexity index is 684. The molecule has 0 atom stereocenters. The smallest absolute Gasteiger partial charge is 0.123 e. The number of benzene rings is 2. The third kappa shape index (κ3) is 6.54. The van der Waals surface area contributed by atoms with Gasteiger partial charge in [-0.1, -0.05) is 35.4 Å². The molecule has 4 nitrogen and oxygen atoms in total. The quantitative estimate of drug-likeness (QED) is 0.703. The van der Waals surface area contributed by atoms with Crippen LogP contribution in [0.3, 0.4) is 0 Å². The molecule has 0 spiro atoms. The SMILES string of the molecule is Cc1ccc2c(c1)CNCCCNCc1cc(C)ccc1OCCCCCO2. The Morgan fingerprint density at radius 1 is 0.643 bits per heavy atom. The third-order valence-corrected chi connectivity index (χ3v) is 5.07. The van der Waals surface area contributed by atoms with Crippen LogP contribution in [0.2, 0.25) is 0 Å². The lowest BCUT2D eigenvalue weighted by Gasteiger charge is -2.15. The highest BCUT2D eigenvalue weighted by molar-refractivity contribution is 5.37. The maximum Gasteiger partial charge on any atom is 0.123 e. The van der Waals surface area contributed by atoms with E-state index < -0.39 is 0 Å². The molecule has 0 amide bonds. The Morgan fingerprint density at radius 3 is 1.64 bits per heavy atom. The van der Waals surface area contributed by atoms with Crippen molar-refractivity contribution in [1.29, 1.82) is 0 Å². The second kappa shape index (κ2) is 11.1. The van der Waals surface area contributed by atoms with Crippen LogP contribution in [-0.2, 0) is 13.1 Å². The Balaban J connectivity index is 1.60. The molecule has 1 aliphatic rings. The van der Waals surface area contributed by atoms with Gasteiger partial charge in [0.2, 0.25) is 0 Å². The van der Waals surface area contributed by atoms with Crippen molar-refractivity contribution in [3.05, 3.63) is 58.7 Å². The Hall–Kier alpha value is -2.04. The van der Waals surface area contributed by atoms with E-state index in [1.165, 1.54) is 22.3 Å². The van der Waals surface area contributed by atoms with Gasteiger partial charge in [-0.25, -0.2) is 0 Å². The minimum absolute atomic E-state index is 0.760. The zero-order valence-corrected chi connectivity index (χ0v) is 17.4. The maximum atomic E-state index is 6.06. The molecule has 4 heteroatoms. The first kappa shape index (κ1) is 20.7. The van der Waals surface area contributed by atoms with Gasteiger partial charge >= 0.3 is 0 Å². The van der Waals surface area contributed by atoms with E-state index in [0.717, 1.165) is 76.6 Å². The molecule has 2 aromatic rings.